The molecule has 0 radical (unpaired) electrons. The van der Waals surface area contributed by atoms with E-state index in [1.165, 1.54) is 23.8 Å². The minimum Gasteiger partial charge on any atom is -0.478 e. The van der Waals surface area contributed by atoms with Crippen molar-refractivity contribution in [3.8, 4) is 0 Å². The van der Waals surface area contributed by atoms with Crippen molar-refractivity contribution in [1.29, 1.82) is 0 Å². The Morgan fingerprint density at radius 1 is 1.30 bits per heavy atom. The summed E-state index contributed by atoms with van der Waals surface area (Å²) in [4.78, 5) is 26.2. The first-order valence-corrected chi connectivity index (χ1v) is 8.28. The Hall–Kier alpha value is -2.18. The maximum absolute atomic E-state index is 11.6. The van der Waals surface area contributed by atoms with Crippen molar-refractivity contribution in [2.75, 3.05) is 11.9 Å². The molecule has 0 saturated carbocycles. The van der Waals surface area contributed by atoms with Gasteiger partial charge in [-0.3, -0.25) is 9.69 Å². The van der Waals surface area contributed by atoms with Gasteiger partial charge in [0.15, 0.2) is 0 Å². The number of rotatable bonds is 4. The third-order valence-corrected chi connectivity index (χ3v) is 5.02. The van der Waals surface area contributed by atoms with Crippen LogP contribution in [0.25, 0.3) is 0 Å². The number of fused-ring (bicyclic) bond motifs is 1. The number of nitrogens with zero attached hydrogens (tertiary/aromatic N) is 1. The molecular weight excluding hydrogens is 312 g/mol. The zero-order chi connectivity index (χ0) is 16.4. The number of amides is 1. The standard InChI is InChI=1S/C17H18N2O3S/c1-11(20)18-16-15(17(21)22)13-7-8-19(10-14(13)23-16)9-12-5-3-2-4-6-12/h2-6H,7-10H2,1H3,(H,18,20)(H,21,22). The highest BCUT2D eigenvalue weighted by Crippen LogP contribution is 2.37. The van der Waals surface area contributed by atoms with E-state index in [1.54, 1.807) is 0 Å². The smallest absolute Gasteiger partial charge is 0.339 e. The molecule has 0 aliphatic carbocycles. The van der Waals surface area contributed by atoms with Gasteiger partial charge in [0, 0.05) is 31.4 Å². The van der Waals surface area contributed by atoms with Crippen LogP contribution in [0.5, 0.6) is 0 Å². The van der Waals surface area contributed by atoms with Gasteiger partial charge in [0.2, 0.25) is 5.91 Å². The molecule has 0 fully saturated rings. The summed E-state index contributed by atoms with van der Waals surface area (Å²) in [5.74, 6) is -1.21. The van der Waals surface area contributed by atoms with Crippen molar-refractivity contribution >= 4 is 28.2 Å². The molecule has 1 aromatic heterocycles. The van der Waals surface area contributed by atoms with Crippen molar-refractivity contribution in [1.82, 2.24) is 4.90 Å². The van der Waals surface area contributed by atoms with Gasteiger partial charge in [0.1, 0.15) is 5.00 Å². The van der Waals surface area contributed by atoms with Crippen LogP contribution < -0.4 is 5.32 Å². The predicted molar refractivity (Wildman–Crippen MR) is 89.8 cm³/mol. The third kappa shape index (κ3) is 3.43. The molecule has 1 amide bonds. The average Bonchev–Trinajstić information content (AvgIpc) is 2.84. The lowest BCUT2D eigenvalue weighted by Gasteiger charge is -2.26. The van der Waals surface area contributed by atoms with Crippen LogP contribution in [0.15, 0.2) is 30.3 Å². The highest BCUT2D eigenvalue weighted by molar-refractivity contribution is 7.17. The lowest BCUT2D eigenvalue weighted by molar-refractivity contribution is -0.114. The topological polar surface area (TPSA) is 69.6 Å². The van der Waals surface area contributed by atoms with E-state index in [2.05, 4.69) is 22.3 Å². The monoisotopic (exact) mass is 330 g/mol. The summed E-state index contributed by atoms with van der Waals surface area (Å²) < 4.78 is 0. The first-order chi connectivity index (χ1) is 11.0. The molecule has 6 heteroatoms. The predicted octanol–water partition coefficient (Wildman–Crippen LogP) is 2.96. The van der Waals surface area contributed by atoms with E-state index in [0.29, 0.717) is 11.4 Å². The minimum absolute atomic E-state index is 0.243. The van der Waals surface area contributed by atoms with Crippen LogP contribution in [-0.2, 0) is 24.3 Å². The van der Waals surface area contributed by atoms with Crippen molar-refractivity contribution in [2.24, 2.45) is 0 Å². The maximum Gasteiger partial charge on any atom is 0.339 e. The average molecular weight is 330 g/mol. The fraction of sp³-hybridized carbons (Fsp3) is 0.294. The van der Waals surface area contributed by atoms with Crippen LogP contribution >= 0.6 is 11.3 Å². The molecule has 0 bridgehead atoms. The Kier molecular flexibility index (Phi) is 4.45. The summed E-state index contributed by atoms with van der Waals surface area (Å²) in [5, 5.41) is 12.6. The number of carboxylic acids is 1. The number of anilines is 1. The van der Waals surface area contributed by atoms with Gasteiger partial charge in [-0.15, -0.1) is 11.3 Å². The molecule has 2 N–H and O–H groups in total. The molecule has 120 valence electrons. The molecular formula is C17H18N2O3S. The first-order valence-electron chi connectivity index (χ1n) is 7.46. The number of carbonyl (C=O) groups excluding carboxylic acids is 1. The van der Waals surface area contributed by atoms with Gasteiger partial charge in [-0.05, 0) is 17.5 Å². The first kappa shape index (κ1) is 15.7. The molecule has 0 unspecified atom stereocenters. The summed E-state index contributed by atoms with van der Waals surface area (Å²) in [6.07, 6.45) is 0.694. The molecule has 2 aromatic rings. The van der Waals surface area contributed by atoms with E-state index in [9.17, 15) is 14.7 Å². The van der Waals surface area contributed by atoms with Gasteiger partial charge in [-0.1, -0.05) is 30.3 Å². The van der Waals surface area contributed by atoms with Crippen molar-refractivity contribution < 1.29 is 14.7 Å². The zero-order valence-corrected chi connectivity index (χ0v) is 13.7. The molecule has 0 saturated heterocycles. The van der Waals surface area contributed by atoms with E-state index in [-0.39, 0.29) is 11.5 Å². The summed E-state index contributed by atoms with van der Waals surface area (Å²) >= 11 is 1.38. The van der Waals surface area contributed by atoms with Gasteiger partial charge < -0.3 is 10.4 Å². The van der Waals surface area contributed by atoms with E-state index >= 15 is 0 Å². The molecule has 2 heterocycles. The lowest BCUT2D eigenvalue weighted by atomic mass is 10.0. The highest BCUT2D eigenvalue weighted by atomic mass is 32.1. The van der Waals surface area contributed by atoms with Gasteiger partial charge in [0.25, 0.3) is 0 Å². The normalized spacial score (nSPS) is 14.3. The lowest BCUT2D eigenvalue weighted by Crippen LogP contribution is -2.29. The number of carbonyl (C=O) groups is 2. The van der Waals surface area contributed by atoms with Crippen LogP contribution in [0.2, 0.25) is 0 Å². The van der Waals surface area contributed by atoms with Crippen LogP contribution in [0.1, 0.15) is 33.3 Å². The molecule has 1 aliphatic rings. The van der Waals surface area contributed by atoms with Crippen molar-refractivity contribution in [2.45, 2.75) is 26.4 Å². The van der Waals surface area contributed by atoms with Crippen LogP contribution in [0.3, 0.4) is 0 Å². The highest BCUT2D eigenvalue weighted by Gasteiger charge is 2.28. The number of hydrogen-bond acceptors (Lipinski definition) is 4. The Morgan fingerprint density at radius 3 is 2.70 bits per heavy atom. The van der Waals surface area contributed by atoms with Crippen LogP contribution in [-0.4, -0.2) is 28.4 Å². The van der Waals surface area contributed by atoms with Crippen molar-refractivity contribution in [3.63, 3.8) is 0 Å². The number of thiophene rings is 1. The quantitative estimate of drug-likeness (QED) is 0.904. The zero-order valence-electron chi connectivity index (χ0n) is 12.8. The molecule has 5 nitrogen and oxygen atoms in total. The summed E-state index contributed by atoms with van der Waals surface area (Å²) in [6.45, 7) is 3.77. The van der Waals surface area contributed by atoms with Gasteiger partial charge >= 0.3 is 5.97 Å². The molecule has 1 aromatic carbocycles. The van der Waals surface area contributed by atoms with E-state index < -0.39 is 5.97 Å². The number of hydrogen-bond donors (Lipinski definition) is 2. The van der Waals surface area contributed by atoms with Gasteiger partial charge in [-0.25, -0.2) is 4.79 Å². The van der Waals surface area contributed by atoms with Gasteiger partial charge in [-0.2, -0.15) is 0 Å². The van der Waals surface area contributed by atoms with Crippen LogP contribution in [0, 0.1) is 0 Å². The Labute approximate surface area is 138 Å². The molecule has 3 rings (SSSR count). The third-order valence-electron chi connectivity index (χ3n) is 3.89. The van der Waals surface area contributed by atoms with E-state index in [4.69, 9.17) is 0 Å². The molecule has 23 heavy (non-hydrogen) atoms. The number of nitrogens with one attached hydrogen (secondary N) is 1. The Morgan fingerprint density at radius 2 is 2.04 bits per heavy atom. The molecule has 0 spiro atoms. The van der Waals surface area contributed by atoms with E-state index in [1.807, 2.05) is 18.2 Å². The van der Waals surface area contributed by atoms with Crippen LogP contribution in [0.4, 0.5) is 5.00 Å². The summed E-state index contributed by atoms with van der Waals surface area (Å²) in [7, 11) is 0. The largest absolute Gasteiger partial charge is 0.478 e. The Bertz CT molecular complexity index is 740. The fourth-order valence-corrected chi connectivity index (χ4v) is 4.24. The maximum atomic E-state index is 11.6. The minimum atomic E-state index is -0.970. The summed E-state index contributed by atoms with van der Waals surface area (Å²) in [6, 6.07) is 10.2. The second-order valence-corrected chi connectivity index (χ2v) is 6.75. The second kappa shape index (κ2) is 6.52. The molecule has 1 aliphatic heterocycles. The number of aromatic carboxylic acids is 1. The van der Waals surface area contributed by atoms with E-state index in [0.717, 1.165) is 30.1 Å². The summed E-state index contributed by atoms with van der Waals surface area (Å²) in [5.41, 5.74) is 2.38. The Balaban J connectivity index is 1.83. The fourth-order valence-electron chi connectivity index (χ4n) is 2.91. The van der Waals surface area contributed by atoms with Gasteiger partial charge in [0.05, 0.1) is 5.56 Å². The SMILES string of the molecule is CC(=O)Nc1sc2c(c1C(=O)O)CCN(Cc1ccccc1)C2. The number of benzene rings is 1. The second-order valence-electron chi connectivity index (χ2n) is 5.64. The van der Waals surface area contributed by atoms with Crippen molar-refractivity contribution in [3.05, 3.63) is 51.9 Å². The number of carboxylic acid groups (broad SMARTS) is 1. The molecule has 0 atom stereocenters.